The standard InChI is InChI=1S/C41H65O8P/c1-3-5-7-9-11-13-15-17-19-20-22-24-26-28-30-32-34-36-41(43)49-39(38-48-50(44,45)46)37-47-40(42)35-33-31-29-27-25-23-21-18-16-14-12-10-8-6-4-2/h6-9,12-15,18-21,24-27,39H,3-5,10-11,16-17,22-23,28-38H2,1-2H3,(H2,44,45,46)/b8-6+,9-7+,14-12+,15-13+,20-19+,21-18+,26-24+,27-25+/t39-/m1/s1. The molecule has 0 rings (SSSR count). The van der Waals surface area contributed by atoms with Crippen molar-refractivity contribution in [3.63, 3.8) is 0 Å². The Morgan fingerprint density at radius 1 is 0.540 bits per heavy atom. The van der Waals surface area contributed by atoms with Gasteiger partial charge in [-0.2, -0.15) is 0 Å². The zero-order valence-electron chi connectivity index (χ0n) is 30.7. The van der Waals surface area contributed by atoms with Crippen molar-refractivity contribution in [2.75, 3.05) is 13.2 Å². The number of carbonyl (C=O) groups excluding carboxylic acids is 2. The van der Waals surface area contributed by atoms with Crippen LogP contribution in [-0.4, -0.2) is 41.0 Å². The summed E-state index contributed by atoms with van der Waals surface area (Å²) in [4.78, 5) is 42.7. The summed E-state index contributed by atoms with van der Waals surface area (Å²) in [7, 11) is -4.78. The Balaban J connectivity index is 4.15. The smallest absolute Gasteiger partial charge is 0.462 e. The number of esters is 2. The first-order valence-electron chi connectivity index (χ1n) is 18.5. The van der Waals surface area contributed by atoms with Crippen molar-refractivity contribution < 1.29 is 37.9 Å². The fourth-order valence-electron chi connectivity index (χ4n) is 4.35. The van der Waals surface area contributed by atoms with Gasteiger partial charge in [-0.1, -0.05) is 124 Å². The number of hydrogen-bond acceptors (Lipinski definition) is 6. The minimum Gasteiger partial charge on any atom is -0.462 e. The van der Waals surface area contributed by atoms with Crippen molar-refractivity contribution in [3.8, 4) is 0 Å². The van der Waals surface area contributed by atoms with Gasteiger partial charge in [-0.3, -0.25) is 14.1 Å². The molecule has 0 spiro atoms. The van der Waals surface area contributed by atoms with Gasteiger partial charge in [0, 0.05) is 12.8 Å². The molecule has 0 aromatic carbocycles. The van der Waals surface area contributed by atoms with E-state index < -0.39 is 32.5 Å². The summed E-state index contributed by atoms with van der Waals surface area (Å²) in [6, 6.07) is 0. The topological polar surface area (TPSA) is 119 Å². The van der Waals surface area contributed by atoms with Crippen LogP contribution < -0.4 is 0 Å². The number of allylic oxidation sites excluding steroid dienone is 16. The molecule has 0 saturated heterocycles. The molecule has 9 heteroatoms. The zero-order chi connectivity index (χ0) is 36.8. The molecule has 8 nitrogen and oxygen atoms in total. The number of unbranched alkanes of at least 4 members (excludes halogenated alkanes) is 6. The maximum Gasteiger partial charge on any atom is 0.469 e. The Morgan fingerprint density at radius 2 is 0.960 bits per heavy atom. The van der Waals surface area contributed by atoms with Gasteiger partial charge in [0.2, 0.25) is 0 Å². The van der Waals surface area contributed by atoms with Crippen LogP contribution in [-0.2, 0) is 28.2 Å². The molecule has 1 atom stereocenters. The molecule has 0 fully saturated rings. The fourth-order valence-corrected chi connectivity index (χ4v) is 4.71. The van der Waals surface area contributed by atoms with Crippen LogP contribution in [0.5, 0.6) is 0 Å². The van der Waals surface area contributed by atoms with E-state index >= 15 is 0 Å². The molecule has 0 aliphatic rings. The molecule has 0 saturated carbocycles. The predicted molar refractivity (Wildman–Crippen MR) is 206 cm³/mol. The average Bonchev–Trinajstić information content (AvgIpc) is 3.08. The van der Waals surface area contributed by atoms with E-state index in [0.717, 1.165) is 83.5 Å². The summed E-state index contributed by atoms with van der Waals surface area (Å²) in [6.45, 7) is 3.41. The lowest BCUT2D eigenvalue weighted by molar-refractivity contribution is -0.161. The molecule has 0 bridgehead atoms. The molecule has 0 unspecified atom stereocenters. The van der Waals surface area contributed by atoms with E-state index in [2.05, 4.69) is 116 Å². The highest BCUT2D eigenvalue weighted by molar-refractivity contribution is 7.46. The van der Waals surface area contributed by atoms with Crippen LogP contribution >= 0.6 is 7.82 Å². The number of phosphoric ester groups is 1. The second-order valence-electron chi connectivity index (χ2n) is 11.8. The van der Waals surface area contributed by atoms with Crippen molar-refractivity contribution in [1.82, 2.24) is 0 Å². The van der Waals surface area contributed by atoms with E-state index in [1.807, 2.05) is 0 Å². The van der Waals surface area contributed by atoms with Gasteiger partial charge < -0.3 is 19.3 Å². The van der Waals surface area contributed by atoms with E-state index in [4.69, 9.17) is 19.3 Å². The Kier molecular flexibility index (Phi) is 33.6. The van der Waals surface area contributed by atoms with Gasteiger partial charge in [0.25, 0.3) is 0 Å². The lowest BCUT2D eigenvalue weighted by Gasteiger charge is -2.18. The molecule has 0 aliphatic heterocycles. The zero-order valence-corrected chi connectivity index (χ0v) is 31.6. The van der Waals surface area contributed by atoms with Crippen molar-refractivity contribution in [1.29, 1.82) is 0 Å². The van der Waals surface area contributed by atoms with Crippen molar-refractivity contribution >= 4 is 19.8 Å². The van der Waals surface area contributed by atoms with Crippen molar-refractivity contribution in [2.24, 2.45) is 0 Å². The summed E-state index contributed by atoms with van der Waals surface area (Å²) < 4.78 is 26.2. The minimum absolute atomic E-state index is 0.159. The normalized spacial score (nSPS) is 13.6. The number of phosphoric acid groups is 1. The molecule has 0 aliphatic carbocycles. The average molecular weight is 717 g/mol. The summed E-state index contributed by atoms with van der Waals surface area (Å²) in [5.74, 6) is -0.983. The number of ether oxygens (including phenoxy) is 2. The van der Waals surface area contributed by atoms with Crippen LogP contribution in [0.3, 0.4) is 0 Å². The van der Waals surface area contributed by atoms with Gasteiger partial charge >= 0.3 is 19.8 Å². The first-order chi connectivity index (χ1) is 24.3. The van der Waals surface area contributed by atoms with Gasteiger partial charge in [-0.05, 0) is 89.9 Å². The summed E-state index contributed by atoms with van der Waals surface area (Å²) in [5.41, 5.74) is 0. The molecule has 2 N–H and O–H groups in total. The maximum absolute atomic E-state index is 12.4. The maximum atomic E-state index is 12.4. The van der Waals surface area contributed by atoms with Crippen LogP contribution in [0.15, 0.2) is 97.2 Å². The molecular formula is C41H65O8P. The van der Waals surface area contributed by atoms with Gasteiger partial charge in [0.15, 0.2) is 6.10 Å². The first kappa shape index (κ1) is 47.0. The van der Waals surface area contributed by atoms with Crippen LogP contribution in [0.4, 0.5) is 0 Å². The van der Waals surface area contributed by atoms with E-state index in [1.165, 1.54) is 6.42 Å². The highest BCUT2D eigenvalue weighted by Gasteiger charge is 2.22. The van der Waals surface area contributed by atoms with Gasteiger partial charge in [-0.25, -0.2) is 4.57 Å². The van der Waals surface area contributed by atoms with Crippen molar-refractivity contribution in [2.45, 2.75) is 136 Å². The largest absolute Gasteiger partial charge is 0.469 e. The quantitative estimate of drug-likeness (QED) is 0.0305. The molecule has 0 radical (unpaired) electrons. The fraction of sp³-hybridized carbons (Fsp3) is 0.561. The highest BCUT2D eigenvalue weighted by Crippen LogP contribution is 2.35. The molecule has 282 valence electrons. The lowest BCUT2D eigenvalue weighted by Crippen LogP contribution is -2.29. The van der Waals surface area contributed by atoms with E-state index in [9.17, 15) is 14.2 Å². The molecule has 0 aromatic rings. The highest BCUT2D eigenvalue weighted by atomic mass is 31.2. The summed E-state index contributed by atoms with van der Waals surface area (Å²) >= 11 is 0. The molecule has 0 aromatic heterocycles. The van der Waals surface area contributed by atoms with Crippen LogP contribution in [0, 0.1) is 0 Å². The monoisotopic (exact) mass is 716 g/mol. The number of hydrogen-bond donors (Lipinski definition) is 2. The second-order valence-corrected chi connectivity index (χ2v) is 13.0. The summed E-state index contributed by atoms with van der Waals surface area (Å²) in [5, 5.41) is 0. The molecule has 50 heavy (non-hydrogen) atoms. The lowest BCUT2D eigenvalue weighted by atomic mass is 10.1. The van der Waals surface area contributed by atoms with E-state index in [-0.39, 0.29) is 19.4 Å². The Hall–Kier alpha value is -3.03. The van der Waals surface area contributed by atoms with Gasteiger partial charge in [0.1, 0.15) is 6.61 Å². The second kappa shape index (κ2) is 35.8. The third kappa shape index (κ3) is 37.8. The first-order valence-corrected chi connectivity index (χ1v) is 20.1. The predicted octanol–water partition coefficient (Wildman–Crippen LogP) is 11.1. The van der Waals surface area contributed by atoms with Gasteiger partial charge in [-0.15, -0.1) is 0 Å². The van der Waals surface area contributed by atoms with Crippen LogP contribution in [0.25, 0.3) is 0 Å². The molecular weight excluding hydrogens is 651 g/mol. The Labute approximate surface area is 303 Å². The molecule has 0 amide bonds. The van der Waals surface area contributed by atoms with Gasteiger partial charge in [0.05, 0.1) is 6.61 Å². The number of carbonyl (C=O) groups is 2. The van der Waals surface area contributed by atoms with E-state index in [0.29, 0.717) is 12.8 Å². The molecule has 0 heterocycles. The number of rotatable bonds is 32. The van der Waals surface area contributed by atoms with Crippen LogP contribution in [0.1, 0.15) is 129 Å². The minimum atomic E-state index is -4.78. The third-order valence-corrected chi connectivity index (χ3v) is 7.55. The SMILES string of the molecule is CC/C=C/C/C=C/C/C=C/C/C=C/CCCCC(=O)OC[C@H](COP(=O)(O)O)OC(=O)CCCCC/C=C/C/C=C/C/C=C/C/C=C/CCC. The van der Waals surface area contributed by atoms with Crippen LogP contribution in [0.2, 0.25) is 0 Å². The third-order valence-electron chi connectivity index (χ3n) is 7.07. The van der Waals surface area contributed by atoms with Crippen molar-refractivity contribution in [3.05, 3.63) is 97.2 Å². The Morgan fingerprint density at radius 3 is 1.44 bits per heavy atom. The summed E-state index contributed by atoms with van der Waals surface area (Å²) in [6.07, 6.45) is 48.4. The van der Waals surface area contributed by atoms with E-state index in [1.54, 1.807) is 0 Å². The Bertz CT molecular complexity index is 1120.